The van der Waals surface area contributed by atoms with Gasteiger partial charge in [0.15, 0.2) is 0 Å². The first-order valence-electron chi connectivity index (χ1n) is 10.3. The van der Waals surface area contributed by atoms with Gasteiger partial charge in [0.25, 0.3) is 5.91 Å². The number of carbonyl (C=O) groups excluding carboxylic acids is 2. The normalized spacial score (nSPS) is 15.0. The lowest BCUT2D eigenvalue weighted by Crippen LogP contribution is -2.50. The second-order valence-corrected chi connectivity index (χ2v) is 8.06. The highest BCUT2D eigenvalue weighted by Crippen LogP contribution is 2.16. The van der Waals surface area contributed by atoms with Crippen LogP contribution < -0.4 is 5.32 Å². The van der Waals surface area contributed by atoms with Crippen molar-refractivity contribution in [1.82, 2.24) is 15.1 Å². The molecule has 0 spiro atoms. The fraction of sp³-hybridized carbons (Fsp3) is 0.478. The summed E-state index contributed by atoms with van der Waals surface area (Å²) >= 11 is 0. The van der Waals surface area contributed by atoms with E-state index in [1.165, 1.54) is 11.1 Å². The van der Waals surface area contributed by atoms with Crippen LogP contribution >= 0.6 is 0 Å². The van der Waals surface area contributed by atoms with Crippen molar-refractivity contribution in [3.05, 3.63) is 58.5 Å². The van der Waals surface area contributed by atoms with Gasteiger partial charge in [0.2, 0.25) is 5.91 Å². The molecule has 2 aromatic rings. The van der Waals surface area contributed by atoms with Gasteiger partial charge in [-0.15, -0.1) is 0 Å². The maximum atomic E-state index is 12.5. The number of furan rings is 1. The number of nitrogens with zero attached hydrogens (tertiary/aromatic N) is 2. The van der Waals surface area contributed by atoms with Crippen LogP contribution in [0.2, 0.25) is 0 Å². The van der Waals surface area contributed by atoms with Crippen molar-refractivity contribution in [1.29, 1.82) is 0 Å². The summed E-state index contributed by atoms with van der Waals surface area (Å²) in [7, 11) is 0. The fourth-order valence-electron chi connectivity index (χ4n) is 3.64. The van der Waals surface area contributed by atoms with E-state index in [0.29, 0.717) is 36.1 Å². The van der Waals surface area contributed by atoms with E-state index in [1.807, 2.05) is 4.90 Å². The molecule has 29 heavy (non-hydrogen) atoms. The molecule has 0 bridgehead atoms. The average Bonchev–Trinajstić information content (AvgIpc) is 3.05. The van der Waals surface area contributed by atoms with Crippen molar-refractivity contribution >= 4 is 11.8 Å². The van der Waals surface area contributed by atoms with Crippen LogP contribution in [0.1, 0.15) is 52.8 Å². The Kier molecular flexibility index (Phi) is 6.75. The van der Waals surface area contributed by atoms with Crippen molar-refractivity contribution in [2.75, 3.05) is 32.7 Å². The van der Waals surface area contributed by atoms with E-state index in [0.717, 1.165) is 19.6 Å². The van der Waals surface area contributed by atoms with Gasteiger partial charge in [-0.1, -0.05) is 38.1 Å². The van der Waals surface area contributed by atoms with Gasteiger partial charge in [-0.05, 0) is 37.0 Å². The Morgan fingerprint density at radius 1 is 1.07 bits per heavy atom. The summed E-state index contributed by atoms with van der Waals surface area (Å²) in [6.07, 6.45) is 0. The fourth-order valence-corrected chi connectivity index (χ4v) is 3.64. The molecule has 3 rings (SSSR count). The van der Waals surface area contributed by atoms with E-state index < -0.39 is 0 Å². The van der Waals surface area contributed by atoms with E-state index >= 15 is 0 Å². The molecular formula is C23H31N3O3. The van der Waals surface area contributed by atoms with Gasteiger partial charge < -0.3 is 14.6 Å². The van der Waals surface area contributed by atoms with Gasteiger partial charge in [-0.2, -0.15) is 0 Å². The topological polar surface area (TPSA) is 65.8 Å². The monoisotopic (exact) mass is 397 g/mol. The maximum Gasteiger partial charge on any atom is 0.255 e. The summed E-state index contributed by atoms with van der Waals surface area (Å²) in [5, 5.41) is 2.71. The molecule has 0 aliphatic carbocycles. The smallest absolute Gasteiger partial charge is 0.255 e. The van der Waals surface area contributed by atoms with Gasteiger partial charge in [-0.3, -0.25) is 14.5 Å². The van der Waals surface area contributed by atoms with Crippen LogP contribution in [0, 0.1) is 13.8 Å². The summed E-state index contributed by atoms with van der Waals surface area (Å²) in [4.78, 5) is 28.9. The third kappa shape index (κ3) is 5.48. The Balaban J connectivity index is 1.43. The number of hydrogen-bond acceptors (Lipinski definition) is 4. The predicted molar refractivity (Wildman–Crippen MR) is 113 cm³/mol. The number of hydrogen-bond donors (Lipinski definition) is 1. The zero-order chi connectivity index (χ0) is 21.0. The minimum Gasteiger partial charge on any atom is -0.466 e. The van der Waals surface area contributed by atoms with Crippen molar-refractivity contribution in [2.45, 2.75) is 40.2 Å². The lowest BCUT2D eigenvalue weighted by molar-refractivity contribution is -0.131. The molecule has 6 nitrogen and oxygen atoms in total. The Morgan fingerprint density at radius 3 is 2.28 bits per heavy atom. The molecular weight excluding hydrogens is 366 g/mol. The van der Waals surface area contributed by atoms with Crippen LogP contribution in [0.4, 0.5) is 0 Å². The molecule has 0 atom stereocenters. The molecule has 1 aliphatic rings. The second kappa shape index (κ2) is 9.27. The highest BCUT2D eigenvalue weighted by Gasteiger charge is 2.22. The molecule has 2 amide bonds. The lowest BCUT2D eigenvalue weighted by Gasteiger charge is -2.34. The van der Waals surface area contributed by atoms with Crippen LogP contribution in [-0.4, -0.2) is 54.3 Å². The number of piperazine rings is 1. The molecule has 1 N–H and O–H groups in total. The van der Waals surface area contributed by atoms with E-state index in [-0.39, 0.29) is 18.4 Å². The number of amides is 2. The van der Waals surface area contributed by atoms with E-state index in [4.69, 9.17) is 4.42 Å². The van der Waals surface area contributed by atoms with Crippen LogP contribution in [0.15, 0.2) is 34.7 Å². The molecule has 2 heterocycles. The van der Waals surface area contributed by atoms with Crippen molar-refractivity contribution in [3.8, 4) is 0 Å². The number of aryl methyl sites for hydroxylation is 2. The Labute approximate surface area is 172 Å². The van der Waals surface area contributed by atoms with E-state index in [2.05, 4.69) is 48.3 Å². The van der Waals surface area contributed by atoms with Crippen LogP contribution in [0.3, 0.4) is 0 Å². The molecule has 1 aromatic heterocycles. The summed E-state index contributed by atoms with van der Waals surface area (Å²) in [6, 6.07) is 10.5. The van der Waals surface area contributed by atoms with Gasteiger partial charge in [0.1, 0.15) is 11.5 Å². The molecule has 1 aliphatic heterocycles. The summed E-state index contributed by atoms with van der Waals surface area (Å²) in [5.74, 6) is 1.49. The minimum atomic E-state index is -0.267. The third-order valence-corrected chi connectivity index (χ3v) is 5.46. The summed E-state index contributed by atoms with van der Waals surface area (Å²) < 4.78 is 5.38. The van der Waals surface area contributed by atoms with E-state index in [1.54, 1.807) is 19.9 Å². The first-order valence-corrected chi connectivity index (χ1v) is 10.3. The number of carbonyl (C=O) groups is 2. The second-order valence-electron chi connectivity index (χ2n) is 8.06. The molecule has 0 unspecified atom stereocenters. The van der Waals surface area contributed by atoms with Crippen molar-refractivity contribution < 1.29 is 14.0 Å². The molecule has 1 saturated heterocycles. The van der Waals surface area contributed by atoms with Crippen molar-refractivity contribution in [3.63, 3.8) is 0 Å². The van der Waals surface area contributed by atoms with Gasteiger partial charge >= 0.3 is 0 Å². The average molecular weight is 398 g/mol. The Hall–Kier alpha value is -2.60. The molecule has 6 heteroatoms. The zero-order valence-electron chi connectivity index (χ0n) is 17.8. The quantitative estimate of drug-likeness (QED) is 0.813. The van der Waals surface area contributed by atoms with Gasteiger partial charge in [0.05, 0.1) is 12.1 Å². The first kappa shape index (κ1) is 21.1. The van der Waals surface area contributed by atoms with Crippen LogP contribution in [-0.2, 0) is 11.3 Å². The number of nitrogens with one attached hydrogen (secondary N) is 1. The van der Waals surface area contributed by atoms with Crippen LogP contribution in [0.5, 0.6) is 0 Å². The lowest BCUT2D eigenvalue weighted by atomic mass is 10.0. The molecule has 0 radical (unpaired) electrons. The SMILES string of the molecule is Cc1cc(C(=O)NCC(=O)N2CCN(Cc3ccc(C(C)C)cc3)CC2)c(C)o1. The number of rotatable bonds is 6. The molecule has 156 valence electrons. The highest BCUT2D eigenvalue weighted by molar-refractivity contribution is 5.97. The molecule has 0 saturated carbocycles. The Morgan fingerprint density at radius 2 is 1.72 bits per heavy atom. The van der Waals surface area contributed by atoms with Gasteiger partial charge in [-0.25, -0.2) is 0 Å². The van der Waals surface area contributed by atoms with Crippen LogP contribution in [0.25, 0.3) is 0 Å². The predicted octanol–water partition coefficient (Wildman–Crippen LogP) is 3.09. The first-order chi connectivity index (χ1) is 13.8. The minimum absolute atomic E-state index is 0.0131. The highest BCUT2D eigenvalue weighted by atomic mass is 16.3. The van der Waals surface area contributed by atoms with Crippen molar-refractivity contribution in [2.24, 2.45) is 0 Å². The zero-order valence-corrected chi connectivity index (χ0v) is 17.8. The third-order valence-electron chi connectivity index (χ3n) is 5.46. The summed E-state index contributed by atoms with van der Waals surface area (Å²) in [6.45, 7) is 11.9. The maximum absolute atomic E-state index is 12.5. The largest absolute Gasteiger partial charge is 0.466 e. The molecule has 1 aromatic carbocycles. The Bertz CT molecular complexity index is 847. The van der Waals surface area contributed by atoms with Gasteiger partial charge in [0, 0.05) is 32.7 Å². The number of benzene rings is 1. The molecule has 1 fully saturated rings. The van der Waals surface area contributed by atoms with E-state index in [9.17, 15) is 9.59 Å². The standard InChI is InChI=1S/C23H31N3O3/c1-16(2)20-7-5-19(6-8-20)15-25-9-11-26(12-10-25)22(27)14-24-23(28)21-13-17(3)29-18(21)4/h5-8,13,16H,9-12,14-15H2,1-4H3,(H,24,28). The summed E-state index contributed by atoms with van der Waals surface area (Å²) in [5.41, 5.74) is 3.14.